The van der Waals surface area contributed by atoms with Gasteiger partial charge in [0.1, 0.15) is 34.7 Å². The van der Waals surface area contributed by atoms with Crippen LogP contribution in [0.15, 0.2) is 36.9 Å². The number of benzene rings is 1. The van der Waals surface area contributed by atoms with Crippen molar-refractivity contribution in [1.29, 1.82) is 0 Å². The lowest BCUT2D eigenvalue weighted by Crippen LogP contribution is -2.27. The van der Waals surface area contributed by atoms with E-state index in [9.17, 15) is 9.59 Å². The number of carbonyl (C=O) groups excluding carboxylic acids is 2. The van der Waals surface area contributed by atoms with Crippen molar-refractivity contribution in [3.63, 3.8) is 0 Å². The summed E-state index contributed by atoms with van der Waals surface area (Å²) in [4.78, 5) is 27.8. The Balaban J connectivity index is 2.02. The molecule has 0 spiro atoms. The molecule has 0 fully saturated rings. The Labute approximate surface area is 187 Å². The predicted molar refractivity (Wildman–Crippen MR) is 116 cm³/mol. The highest BCUT2D eigenvalue weighted by molar-refractivity contribution is 6.06. The Morgan fingerprint density at radius 3 is 2.42 bits per heavy atom. The minimum atomic E-state index is -0.858. The average Bonchev–Trinajstić information content (AvgIpc) is 3.30. The van der Waals surface area contributed by atoms with Crippen molar-refractivity contribution in [3.8, 4) is 22.4 Å². The van der Waals surface area contributed by atoms with Crippen LogP contribution in [0, 0.1) is 11.6 Å². The third-order valence-corrected chi connectivity index (χ3v) is 4.83. The molecule has 33 heavy (non-hydrogen) atoms. The van der Waals surface area contributed by atoms with E-state index in [2.05, 4.69) is 15.2 Å². The van der Waals surface area contributed by atoms with Crippen LogP contribution in [0.2, 0.25) is 0 Å². The highest BCUT2D eigenvalue weighted by Gasteiger charge is 2.27. The van der Waals surface area contributed by atoms with Gasteiger partial charge < -0.3 is 9.53 Å². The van der Waals surface area contributed by atoms with E-state index in [-0.39, 0.29) is 34.3 Å². The molecule has 4 rings (SSSR count). The molecule has 4 aromatic rings. The Morgan fingerprint density at radius 2 is 1.85 bits per heavy atom. The minimum Gasteiger partial charge on any atom is -0.442 e. The molecule has 0 saturated carbocycles. The molecule has 0 aliphatic heterocycles. The molecule has 0 amide bonds. The molecule has 0 aliphatic rings. The van der Waals surface area contributed by atoms with Gasteiger partial charge in [0.25, 0.3) is 0 Å². The van der Waals surface area contributed by atoms with E-state index >= 15 is 8.78 Å². The first-order valence-corrected chi connectivity index (χ1v) is 10.1. The maximum Gasteiger partial charge on any atom is 0.435 e. The number of hydrogen-bond acceptors (Lipinski definition) is 6. The van der Waals surface area contributed by atoms with Crippen molar-refractivity contribution in [1.82, 2.24) is 24.5 Å². The van der Waals surface area contributed by atoms with Gasteiger partial charge in [-0.3, -0.25) is 9.67 Å². The summed E-state index contributed by atoms with van der Waals surface area (Å²) in [7, 11) is 1.71. The standard InChI is InChI=1S/C23H21F2N5O3/c1-23(2,3)33-22(32)30-18-11-26-10-15(19-16(24)7-13(5-6-31)8-17(19)25)20(18)21(28-30)14-9-27-29(4)12-14/h6-12H,5H2,1-4H3. The van der Waals surface area contributed by atoms with Crippen LogP contribution in [0.25, 0.3) is 33.3 Å². The summed E-state index contributed by atoms with van der Waals surface area (Å²) < 4.78 is 38.1. The molecular formula is C23H21F2N5O3. The number of carbonyl (C=O) groups is 2. The van der Waals surface area contributed by atoms with Crippen LogP contribution >= 0.6 is 0 Å². The van der Waals surface area contributed by atoms with Gasteiger partial charge in [-0.1, -0.05) is 0 Å². The quantitative estimate of drug-likeness (QED) is 0.428. The molecule has 170 valence electrons. The van der Waals surface area contributed by atoms with Gasteiger partial charge in [0.15, 0.2) is 0 Å². The second-order valence-electron chi connectivity index (χ2n) is 8.53. The zero-order chi connectivity index (χ0) is 23.9. The number of hydrogen-bond donors (Lipinski definition) is 0. The van der Waals surface area contributed by atoms with Crippen LogP contribution in [-0.2, 0) is 23.0 Å². The van der Waals surface area contributed by atoms with E-state index in [1.54, 1.807) is 38.7 Å². The lowest BCUT2D eigenvalue weighted by molar-refractivity contribution is -0.107. The molecule has 3 aromatic heterocycles. The molecule has 0 unspecified atom stereocenters. The minimum absolute atomic E-state index is 0.105. The molecule has 8 nitrogen and oxygen atoms in total. The number of pyridine rings is 1. The summed E-state index contributed by atoms with van der Waals surface area (Å²) >= 11 is 0. The van der Waals surface area contributed by atoms with Crippen LogP contribution in [0.4, 0.5) is 13.6 Å². The molecule has 0 saturated heterocycles. The van der Waals surface area contributed by atoms with Crippen molar-refractivity contribution < 1.29 is 23.1 Å². The van der Waals surface area contributed by atoms with E-state index in [1.807, 2.05) is 0 Å². The molecule has 0 bridgehead atoms. The Kier molecular flexibility index (Phi) is 5.52. The van der Waals surface area contributed by atoms with Crippen molar-refractivity contribution in [2.24, 2.45) is 7.05 Å². The third-order valence-electron chi connectivity index (χ3n) is 4.83. The van der Waals surface area contributed by atoms with E-state index in [0.717, 1.165) is 16.8 Å². The van der Waals surface area contributed by atoms with E-state index in [4.69, 9.17) is 4.74 Å². The van der Waals surface area contributed by atoms with E-state index < -0.39 is 23.3 Å². The van der Waals surface area contributed by atoms with Gasteiger partial charge in [0.2, 0.25) is 0 Å². The van der Waals surface area contributed by atoms with Gasteiger partial charge >= 0.3 is 6.09 Å². The molecular weight excluding hydrogens is 432 g/mol. The number of aromatic nitrogens is 5. The smallest absolute Gasteiger partial charge is 0.435 e. The lowest BCUT2D eigenvalue weighted by Gasteiger charge is -2.19. The number of fused-ring (bicyclic) bond motifs is 1. The Hall–Kier alpha value is -3.95. The van der Waals surface area contributed by atoms with Gasteiger partial charge in [0, 0.05) is 42.4 Å². The van der Waals surface area contributed by atoms with Crippen molar-refractivity contribution in [3.05, 3.63) is 54.1 Å². The van der Waals surface area contributed by atoms with Gasteiger partial charge in [-0.25, -0.2) is 13.6 Å². The van der Waals surface area contributed by atoms with Gasteiger partial charge in [0.05, 0.1) is 18.0 Å². The highest BCUT2D eigenvalue weighted by atomic mass is 19.1. The number of rotatable bonds is 4. The molecule has 3 heterocycles. The monoisotopic (exact) mass is 453 g/mol. The fourth-order valence-electron chi connectivity index (χ4n) is 3.54. The Morgan fingerprint density at radius 1 is 1.15 bits per heavy atom. The molecule has 0 N–H and O–H groups in total. The van der Waals surface area contributed by atoms with Crippen LogP contribution in [-0.4, -0.2) is 42.5 Å². The number of nitrogens with zero attached hydrogens (tertiary/aromatic N) is 5. The lowest BCUT2D eigenvalue weighted by atomic mass is 9.98. The third kappa shape index (κ3) is 4.23. The fourth-order valence-corrected chi connectivity index (χ4v) is 3.54. The van der Waals surface area contributed by atoms with Crippen molar-refractivity contribution >= 4 is 23.3 Å². The largest absolute Gasteiger partial charge is 0.442 e. The predicted octanol–water partition coefficient (Wildman–Crippen LogP) is 4.30. The SMILES string of the molecule is Cn1cc(-c2nn(C(=O)OC(C)(C)C)c3cncc(-c4c(F)cc(CC=O)cc4F)c23)cn1. The Bertz CT molecular complexity index is 1360. The summed E-state index contributed by atoms with van der Waals surface area (Å²) in [5.41, 5.74) is 0.233. The second kappa shape index (κ2) is 8.19. The zero-order valence-corrected chi connectivity index (χ0v) is 18.5. The van der Waals surface area contributed by atoms with Gasteiger partial charge in [-0.15, -0.1) is 0 Å². The second-order valence-corrected chi connectivity index (χ2v) is 8.53. The van der Waals surface area contributed by atoms with Crippen molar-refractivity contribution in [2.75, 3.05) is 0 Å². The van der Waals surface area contributed by atoms with E-state index in [1.165, 1.54) is 18.6 Å². The first-order chi connectivity index (χ1) is 15.6. The normalized spacial score (nSPS) is 11.7. The number of halogens is 2. The van der Waals surface area contributed by atoms with Crippen LogP contribution in [0.1, 0.15) is 26.3 Å². The van der Waals surface area contributed by atoms with Gasteiger partial charge in [-0.2, -0.15) is 14.9 Å². The molecule has 0 radical (unpaired) electrons. The average molecular weight is 453 g/mol. The van der Waals surface area contributed by atoms with Crippen molar-refractivity contribution in [2.45, 2.75) is 32.8 Å². The molecule has 10 heteroatoms. The number of ether oxygens (including phenoxy) is 1. The first-order valence-electron chi connectivity index (χ1n) is 10.1. The van der Waals surface area contributed by atoms with Crippen LogP contribution in [0.3, 0.4) is 0 Å². The summed E-state index contributed by atoms with van der Waals surface area (Å²) in [6.07, 6.45) is 5.59. The molecule has 0 aliphatic carbocycles. The summed E-state index contributed by atoms with van der Waals surface area (Å²) in [5, 5.41) is 8.85. The highest BCUT2D eigenvalue weighted by Crippen LogP contribution is 2.38. The summed E-state index contributed by atoms with van der Waals surface area (Å²) in [6.45, 7) is 5.15. The maximum atomic E-state index is 15.1. The van der Waals surface area contributed by atoms with Crippen LogP contribution in [0.5, 0.6) is 0 Å². The number of aldehydes is 1. The van der Waals surface area contributed by atoms with Gasteiger partial charge in [-0.05, 0) is 38.5 Å². The maximum absolute atomic E-state index is 15.1. The fraction of sp³-hybridized carbons (Fsp3) is 0.261. The molecule has 1 aromatic carbocycles. The van der Waals surface area contributed by atoms with E-state index in [0.29, 0.717) is 17.2 Å². The first kappa shape index (κ1) is 22.3. The van der Waals surface area contributed by atoms with Crippen LogP contribution < -0.4 is 0 Å². The number of aryl methyl sites for hydroxylation is 1. The summed E-state index contributed by atoms with van der Waals surface area (Å²) in [6, 6.07) is 2.21. The topological polar surface area (TPSA) is 91.9 Å². The zero-order valence-electron chi connectivity index (χ0n) is 18.5. The molecule has 0 atom stereocenters. The summed E-state index contributed by atoms with van der Waals surface area (Å²) in [5.74, 6) is -1.72.